The minimum atomic E-state index is -0.286. The number of hydrogen-bond donors (Lipinski definition) is 0. The van der Waals surface area contributed by atoms with Crippen molar-refractivity contribution in [2.45, 2.75) is 30.6 Å². The molecule has 28 heavy (non-hydrogen) atoms. The van der Waals surface area contributed by atoms with Crippen LogP contribution in [0.4, 0.5) is 4.39 Å². The first-order valence-corrected chi connectivity index (χ1v) is 10.3. The Balaban J connectivity index is 1.44. The molecule has 1 heterocycles. The van der Waals surface area contributed by atoms with E-state index in [0.29, 0.717) is 11.6 Å². The van der Waals surface area contributed by atoms with E-state index in [1.807, 2.05) is 24.4 Å². The van der Waals surface area contributed by atoms with Crippen LogP contribution in [0, 0.1) is 5.82 Å². The molecule has 1 saturated carbocycles. The summed E-state index contributed by atoms with van der Waals surface area (Å²) >= 11 is 1.45. The van der Waals surface area contributed by atoms with Gasteiger partial charge in [-0.05, 0) is 24.5 Å². The number of thioether (sulfide) groups is 1. The summed E-state index contributed by atoms with van der Waals surface area (Å²) in [5, 5.41) is 0.869. The fourth-order valence-corrected chi connectivity index (χ4v) is 4.15. The molecule has 6 heteroatoms. The Morgan fingerprint density at radius 1 is 1.18 bits per heavy atom. The fraction of sp³-hybridized carbons (Fsp3) is 0.273. The van der Waals surface area contributed by atoms with Crippen molar-refractivity contribution in [2.24, 2.45) is 0 Å². The molecular weight excluding hydrogens is 373 g/mol. The van der Waals surface area contributed by atoms with Gasteiger partial charge in [-0.15, -0.1) is 0 Å². The predicted molar refractivity (Wildman–Crippen MR) is 110 cm³/mol. The van der Waals surface area contributed by atoms with Gasteiger partial charge < -0.3 is 9.47 Å². The fourth-order valence-electron chi connectivity index (χ4n) is 3.17. The zero-order valence-electron chi connectivity index (χ0n) is 15.7. The van der Waals surface area contributed by atoms with E-state index < -0.39 is 0 Å². The summed E-state index contributed by atoms with van der Waals surface area (Å²) in [6, 6.07) is 17.2. The summed E-state index contributed by atoms with van der Waals surface area (Å²) in [7, 11) is 1.71. The smallest absolute Gasteiger partial charge is 0.233 e. The number of carbonyl (C=O) groups excluding carboxylic acids is 1. The van der Waals surface area contributed by atoms with E-state index in [2.05, 4.69) is 21.7 Å². The molecule has 0 aliphatic heterocycles. The van der Waals surface area contributed by atoms with Crippen LogP contribution < -0.4 is 0 Å². The first kappa shape index (κ1) is 18.7. The number of nitrogens with zero attached hydrogens (tertiary/aromatic N) is 3. The summed E-state index contributed by atoms with van der Waals surface area (Å²) in [6.45, 7) is 0.262. The number of aromatic nitrogens is 2. The van der Waals surface area contributed by atoms with Crippen LogP contribution in [0.15, 0.2) is 66.0 Å². The molecule has 1 aliphatic rings. The lowest BCUT2D eigenvalue weighted by atomic mass is 10.2. The van der Waals surface area contributed by atoms with Gasteiger partial charge in [0.1, 0.15) is 5.82 Å². The van der Waals surface area contributed by atoms with Gasteiger partial charge in [0.25, 0.3) is 0 Å². The Hall–Kier alpha value is -2.60. The van der Waals surface area contributed by atoms with Gasteiger partial charge in [0.2, 0.25) is 5.91 Å². The Morgan fingerprint density at radius 2 is 1.89 bits per heavy atom. The second-order valence-electron chi connectivity index (χ2n) is 7.02. The van der Waals surface area contributed by atoms with E-state index in [9.17, 15) is 9.18 Å². The third kappa shape index (κ3) is 4.12. The van der Waals surface area contributed by atoms with E-state index in [4.69, 9.17) is 0 Å². The summed E-state index contributed by atoms with van der Waals surface area (Å²) in [6.07, 6.45) is 4.18. The lowest BCUT2D eigenvalue weighted by Crippen LogP contribution is -2.28. The van der Waals surface area contributed by atoms with Crippen LogP contribution in [0.5, 0.6) is 0 Å². The molecule has 0 atom stereocenters. The summed E-state index contributed by atoms with van der Waals surface area (Å²) < 4.78 is 16.1. The number of rotatable bonds is 7. The molecule has 4 rings (SSSR count). The van der Waals surface area contributed by atoms with E-state index in [-0.39, 0.29) is 24.0 Å². The van der Waals surface area contributed by atoms with Crippen LogP contribution in [0.1, 0.15) is 24.4 Å². The van der Waals surface area contributed by atoms with Crippen LogP contribution >= 0.6 is 11.8 Å². The maximum absolute atomic E-state index is 13.8. The zero-order chi connectivity index (χ0) is 19.5. The highest BCUT2D eigenvalue weighted by Gasteiger charge is 2.29. The molecule has 0 saturated heterocycles. The predicted octanol–water partition coefficient (Wildman–Crippen LogP) is 4.77. The number of amides is 1. The number of hydrogen-bond acceptors (Lipinski definition) is 3. The molecule has 144 valence electrons. The molecular formula is C22H22FN3OS. The molecule has 3 aromatic rings. The standard InChI is InChI=1S/C22H22FN3OS/c1-25(14-17-9-5-6-10-19(17)23)21(27)15-28-22-24-13-20(26(22)18-11-12-18)16-7-3-2-4-8-16/h2-10,13,18H,11-12,14-15H2,1H3. The average molecular weight is 396 g/mol. The average Bonchev–Trinajstić information content (AvgIpc) is 3.47. The lowest BCUT2D eigenvalue weighted by Gasteiger charge is -2.17. The lowest BCUT2D eigenvalue weighted by molar-refractivity contribution is -0.127. The normalized spacial score (nSPS) is 13.5. The maximum Gasteiger partial charge on any atom is 0.233 e. The second kappa shape index (κ2) is 8.19. The summed E-state index contributed by atoms with van der Waals surface area (Å²) in [5.74, 6) is -0.0467. The first-order chi connectivity index (χ1) is 13.6. The van der Waals surface area contributed by atoms with E-state index in [0.717, 1.165) is 29.3 Å². The van der Waals surface area contributed by atoms with Crippen LogP contribution in [0.2, 0.25) is 0 Å². The number of carbonyl (C=O) groups is 1. The molecule has 0 unspecified atom stereocenters. The highest BCUT2D eigenvalue weighted by Crippen LogP contribution is 2.41. The monoisotopic (exact) mass is 395 g/mol. The van der Waals surface area contributed by atoms with E-state index in [1.165, 1.54) is 17.8 Å². The maximum atomic E-state index is 13.8. The van der Waals surface area contributed by atoms with Crippen molar-refractivity contribution in [1.29, 1.82) is 0 Å². The third-order valence-electron chi connectivity index (χ3n) is 4.86. The Labute approximate surface area is 168 Å². The van der Waals surface area contributed by atoms with Gasteiger partial charge in [0.15, 0.2) is 5.16 Å². The van der Waals surface area contributed by atoms with Gasteiger partial charge in [0, 0.05) is 25.2 Å². The van der Waals surface area contributed by atoms with Crippen molar-refractivity contribution >= 4 is 17.7 Å². The second-order valence-corrected chi connectivity index (χ2v) is 7.97. The summed E-state index contributed by atoms with van der Waals surface area (Å²) in [5.41, 5.74) is 2.75. The Kier molecular flexibility index (Phi) is 5.48. The van der Waals surface area contributed by atoms with Crippen molar-refractivity contribution in [2.75, 3.05) is 12.8 Å². The van der Waals surface area contributed by atoms with Crippen LogP contribution in [0.3, 0.4) is 0 Å². The quantitative estimate of drug-likeness (QED) is 0.541. The topological polar surface area (TPSA) is 38.1 Å². The van der Waals surface area contributed by atoms with Gasteiger partial charge in [-0.3, -0.25) is 4.79 Å². The van der Waals surface area contributed by atoms with Crippen molar-refractivity contribution in [3.63, 3.8) is 0 Å². The molecule has 1 aliphatic carbocycles. The molecule has 4 nitrogen and oxygen atoms in total. The molecule has 0 N–H and O–H groups in total. The van der Waals surface area contributed by atoms with Crippen molar-refractivity contribution in [3.8, 4) is 11.3 Å². The minimum absolute atomic E-state index is 0.0418. The van der Waals surface area contributed by atoms with E-state index >= 15 is 0 Å². The molecule has 2 aromatic carbocycles. The van der Waals surface area contributed by atoms with Crippen molar-refractivity contribution < 1.29 is 9.18 Å². The molecule has 1 aromatic heterocycles. The van der Waals surface area contributed by atoms with Crippen LogP contribution in [0.25, 0.3) is 11.3 Å². The highest BCUT2D eigenvalue weighted by molar-refractivity contribution is 7.99. The van der Waals surface area contributed by atoms with Gasteiger partial charge in [0.05, 0.1) is 17.6 Å². The van der Waals surface area contributed by atoms with Crippen LogP contribution in [-0.2, 0) is 11.3 Å². The van der Waals surface area contributed by atoms with Gasteiger partial charge in [-0.25, -0.2) is 9.37 Å². The van der Waals surface area contributed by atoms with Crippen LogP contribution in [-0.4, -0.2) is 33.2 Å². The Bertz CT molecular complexity index is 969. The molecule has 0 bridgehead atoms. The highest BCUT2D eigenvalue weighted by atomic mass is 32.2. The first-order valence-electron chi connectivity index (χ1n) is 9.36. The minimum Gasteiger partial charge on any atom is -0.341 e. The molecule has 1 fully saturated rings. The molecule has 1 amide bonds. The summed E-state index contributed by atoms with van der Waals surface area (Å²) in [4.78, 5) is 18.7. The Morgan fingerprint density at radius 3 is 2.61 bits per heavy atom. The van der Waals surface area contributed by atoms with E-state index in [1.54, 1.807) is 30.1 Å². The number of benzene rings is 2. The largest absolute Gasteiger partial charge is 0.341 e. The van der Waals surface area contributed by atoms with Gasteiger partial charge >= 0.3 is 0 Å². The molecule has 0 radical (unpaired) electrons. The molecule has 0 spiro atoms. The zero-order valence-corrected chi connectivity index (χ0v) is 16.5. The third-order valence-corrected chi connectivity index (χ3v) is 5.81. The van der Waals surface area contributed by atoms with Crippen molar-refractivity contribution in [3.05, 3.63) is 72.2 Å². The van der Waals surface area contributed by atoms with Crippen molar-refractivity contribution in [1.82, 2.24) is 14.5 Å². The van der Waals surface area contributed by atoms with Gasteiger partial charge in [-0.1, -0.05) is 60.3 Å². The number of imidazole rings is 1. The SMILES string of the molecule is CN(Cc1ccccc1F)C(=O)CSc1ncc(-c2ccccc2)n1C1CC1. The van der Waals surface area contributed by atoms with Gasteiger partial charge in [-0.2, -0.15) is 0 Å². The number of halogens is 1.